The molecule has 0 saturated carbocycles. The predicted octanol–water partition coefficient (Wildman–Crippen LogP) is 2.96. The van der Waals surface area contributed by atoms with Crippen molar-refractivity contribution in [2.75, 3.05) is 0 Å². The molecule has 0 aliphatic carbocycles. The summed E-state index contributed by atoms with van der Waals surface area (Å²) in [6.07, 6.45) is 1.57. The van der Waals surface area contributed by atoms with Crippen molar-refractivity contribution < 1.29 is 8.42 Å². The first-order valence-corrected chi connectivity index (χ1v) is 9.02. The minimum Gasteiger partial charge on any atom is -0.342 e. The van der Waals surface area contributed by atoms with Crippen molar-refractivity contribution in [1.82, 2.24) is 9.97 Å². The molecule has 0 aliphatic rings. The number of sulfonamides is 1. The number of primary sulfonamides is 1. The van der Waals surface area contributed by atoms with Crippen molar-refractivity contribution in [3.63, 3.8) is 0 Å². The first kappa shape index (κ1) is 16.0. The normalized spacial score (nSPS) is 12.0. The van der Waals surface area contributed by atoms with Gasteiger partial charge in [0, 0.05) is 6.42 Å². The first-order chi connectivity index (χ1) is 10.8. The lowest BCUT2D eigenvalue weighted by Crippen LogP contribution is -2.12. The van der Waals surface area contributed by atoms with Gasteiger partial charge in [0.25, 0.3) is 0 Å². The van der Waals surface area contributed by atoms with E-state index >= 15 is 0 Å². The Kier molecular flexibility index (Phi) is 4.14. The lowest BCUT2D eigenvalue weighted by Gasteiger charge is -2.03. The van der Waals surface area contributed by atoms with Crippen molar-refractivity contribution >= 4 is 32.7 Å². The summed E-state index contributed by atoms with van der Waals surface area (Å²) in [5.41, 5.74) is 3.74. The lowest BCUT2D eigenvalue weighted by molar-refractivity contribution is 0.598. The molecular weight excluding hydrogens is 334 g/mol. The molecule has 0 amide bonds. The summed E-state index contributed by atoms with van der Waals surface area (Å²) in [6.45, 7) is 2.08. The van der Waals surface area contributed by atoms with Crippen molar-refractivity contribution in [2.24, 2.45) is 5.14 Å². The molecule has 23 heavy (non-hydrogen) atoms. The zero-order chi connectivity index (χ0) is 16.6. The number of hydrogen-bond donors (Lipinski definition) is 2. The van der Waals surface area contributed by atoms with E-state index in [2.05, 4.69) is 29.0 Å². The molecule has 1 aromatic heterocycles. The first-order valence-electron chi connectivity index (χ1n) is 7.10. The van der Waals surface area contributed by atoms with E-state index in [-0.39, 0.29) is 9.92 Å². The third-order valence-electron chi connectivity index (χ3n) is 3.78. The largest absolute Gasteiger partial charge is 0.342 e. The molecule has 0 bridgehead atoms. The lowest BCUT2D eigenvalue weighted by atomic mass is 10.0. The fourth-order valence-corrected chi connectivity index (χ4v) is 3.64. The molecule has 0 atom stereocenters. The number of nitrogens with one attached hydrogen (secondary N) is 1. The SMILES string of the molecule is Cc1ccccc1CCc1nc2cc(Cl)c(S(N)(=O)=O)cc2[nH]1. The van der Waals surface area contributed by atoms with Crippen LogP contribution in [-0.2, 0) is 22.9 Å². The van der Waals surface area contributed by atoms with Gasteiger partial charge in [-0.1, -0.05) is 35.9 Å². The average molecular weight is 350 g/mol. The van der Waals surface area contributed by atoms with E-state index in [1.165, 1.54) is 23.3 Å². The third-order valence-corrected chi connectivity index (χ3v) is 5.16. The summed E-state index contributed by atoms with van der Waals surface area (Å²) in [4.78, 5) is 7.50. The Bertz CT molecular complexity index is 980. The van der Waals surface area contributed by atoms with Gasteiger partial charge >= 0.3 is 0 Å². The van der Waals surface area contributed by atoms with Crippen LogP contribution in [0.2, 0.25) is 5.02 Å². The van der Waals surface area contributed by atoms with Gasteiger partial charge in [-0.05, 0) is 36.6 Å². The highest BCUT2D eigenvalue weighted by Crippen LogP contribution is 2.26. The van der Waals surface area contributed by atoms with E-state index in [1.54, 1.807) is 0 Å². The Labute approximate surface area is 139 Å². The summed E-state index contributed by atoms with van der Waals surface area (Å²) in [6, 6.07) is 11.1. The van der Waals surface area contributed by atoms with E-state index in [9.17, 15) is 8.42 Å². The van der Waals surface area contributed by atoms with Crippen molar-refractivity contribution in [3.05, 3.63) is 58.4 Å². The summed E-state index contributed by atoms with van der Waals surface area (Å²) in [7, 11) is -3.86. The zero-order valence-electron chi connectivity index (χ0n) is 12.5. The van der Waals surface area contributed by atoms with Crippen LogP contribution in [0.5, 0.6) is 0 Å². The molecule has 3 aromatic rings. The number of benzene rings is 2. The summed E-state index contributed by atoms with van der Waals surface area (Å²) < 4.78 is 23.0. The number of fused-ring (bicyclic) bond motifs is 1. The fraction of sp³-hybridized carbons (Fsp3) is 0.188. The summed E-state index contributed by atoms with van der Waals surface area (Å²) >= 11 is 5.98. The van der Waals surface area contributed by atoms with Crippen LogP contribution in [0.3, 0.4) is 0 Å². The molecule has 7 heteroatoms. The number of H-pyrrole nitrogens is 1. The molecule has 0 radical (unpaired) electrons. The fourth-order valence-electron chi connectivity index (χ4n) is 2.54. The van der Waals surface area contributed by atoms with Crippen LogP contribution in [-0.4, -0.2) is 18.4 Å². The number of aromatic nitrogens is 2. The van der Waals surface area contributed by atoms with Crippen molar-refractivity contribution in [3.8, 4) is 0 Å². The van der Waals surface area contributed by atoms with Crippen molar-refractivity contribution in [2.45, 2.75) is 24.7 Å². The van der Waals surface area contributed by atoms with Gasteiger partial charge in [-0.15, -0.1) is 0 Å². The maximum absolute atomic E-state index is 11.5. The molecule has 0 unspecified atom stereocenters. The van der Waals surface area contributed by atoms with Crippen molar-refractivity contribution in [1.29, 1.82) is 0 Å². The van der Waals surface area contributed by atoms with Crippen LogP contribution in [0.1, 0.15) is 17.0 Å². The van der Waals surface area contributed by atoms with Gasteiger partial charge in [-0.25, -0.2) is 18.5 Å². The average Bonchev–Trinajstić information content (AvgIpc) is 2.86. The Morgan fingerprint density at radius 1 is 1.22 bits per heavy atom. The molecule has 5 nitrogen and oxygen atoms in total. The second kappa shape index (κ2) is 5.96. The van der Waals surface area contributed by atoms with Gasteiger partial charge < -0.3 is 4.98 Å². The molecule has 1 heterocycles. The van der Waals surface area contributed by atoms with Crippen LogP contribution in [0, 0.1) is 6.92 Å². The maximum atomic E-state index is 11.5. The second-order valence-electron chi connectivity index (χ2n) is 5.45. The topological polar surface area (TPSA) is 88.8 Å². The molecule has 0 aliphatic heterocycles. The highest BCUT2D eigenvalue weighted by molar-refractivity contribution is 7.89. The Morgan fingerprint density at radius 2 is 1.96 bits per heavy atom. The van der Waals surface area contributed by atoms with Gasteiger partial charge in [0.15, 0.2) is 0 Å². The number of nitrogens with zero attached hydrogens (tertiary/aromatic N) is 1. The monoisotopic (exact) mass is 349 g/mol. The standard InChI is InChI=1S/C16H16ClN3O2S/c1-10-4-2-3-5-11(10)6-7-16-19-13-8-12(17)15(23(18,21)22)9-14(13)20-16/h2-5,8-9H,6-7H2,1H3,(H,19,20)(H2,18,21,22). The third kappa shape index (κ3) is 3.39. The minimum absolute atomic E-state index is 0.0805. The Balaban J connectivity index is 1.90. The Morgan fingerprint density at radius 3 is 2.65 bits per heavy atom. The molecule has 2 aromatic carbocycles. The highest BCUT2D eigenvalue weighted by Gasteiger charge is 2.16. The predicted molar refractivity (Wildman–Crippen MR) is 91.1 cm³/mol. The van der Waals surface area contributed by atoms with Crippen LogP contribution in [0.25, 0.3) is 11.0 Å². The van der Waals surface area contributed by atoms with Crippen LogP contribution in [0.4, 0.5) is 0 Å². The molecule has 0 fully saturated rings. The van der Waals surface area contributed by atoms with E-state index in [4.69, 9.17) is 16.7 Å². The highest BCUT2D eigenvalue weighted by atomic mass is 35.5. The smallest absolute Gasteiger partial charge is 0.239 e. The van der Waals surface area contributed by atoms with Gasteiger partial charge in [-0.3, -0.25) is 0 Å². The Hall–Kier alpha value is -1.89. The molecule has 0 spiro atoms. The van der Waals surface area contributed by atoms with E-state index in [1.807, 2.05) is 12.1 Å². The minimum atomic E-state index is -3.86. The van der Waals surface area contributed by atoms with E-state index in [0.29, 0.717) is 11.0 Å². The quantitative estimate of drug-likeness (QED) is 0.758. The molecule has 120 valence electrons. The van der Waals surface area contributed by atoms with Crippen LogP contribution < -0.4 is 5.14 Å². The molecular formula is C16H16ClN3O2S. The zero-order valence-corrected chi connectivity index (χ0v) is 14.1. The van der Waals surface area contributed by atoms with E-state index in [0.717, 1.165) is 18.7 Å². The van der Waals surface area contributed by atoms with Gasteiger partial charge in [0.05, 0.1) is 16.1 Å². The van der Waals surface area contributed by atoms with Crippen LogP contribution >= 0.6 is 11.6 Å². The van der Waals surface area contributed by atoms with E-state index < -0.39 is 10.0 Å². The summed E-state index contributed by atoms with van der Waals surface area (Å²) in [5.74, 6) is 0.783. The molecule has 3 rings (SSSR count). The maximum Gasteiger partial charge on any atom is 0.239 e. The number of hydrogen-bond acceptors (Lipinski definition) is 3. The molecule has 0 saturated heterocycles. The summed E-state index contributed by atoms with van der Waals surface area (Å²) in [5, 5.41) is 5.24. The van der Waals surface area contributed by atoms with Gasteiger partial charge in [0.2, 0.25) is 10.0 Å². The van der Waals surface area contributed by atoms with Gasteiger partial charge in [0.1, 0.15) is 10.7 Å². The number of aryl methyl sites for hydroxylation is 3. The number of imidazole rings is 1. The number of rotatable bonds is 4. The number of nitrogens with two attached hydrogens (primary N) is 1. The van der Waals surface area contributed by atoms with Gasteiger partial charge in [-0.2, -0.15) is 0 Å². The second-order valence-corrected chi connectivity index (χ2v) is 7.39. The number of aromatic amines is 1. The van der Waals surface area contributed by atoms with Crippen LogP contribution in [0.15, 0.2) is 41.3 Å². The number of halogens is 1. The molecule has 3 N–H and O–H groups in total.